The number of benzene rings is 1. The van der Waals surface area contributed by atoms with Crippen molar-refractivity contribution in [2.24, 2.45) is 0 Å². The summed E-state index contributed by atoms with van der Waals surface area (Å²) in [5.74, 6) is -4.73. The zero-order valence-corrected chi connectivity index (χ0v) is 24.1. The summed E-state index contributed by atoms with van der Waals surface area (Å²) in [6, 6.07) is 6.00. The Morgan fingerprint density at radius 3 is 1.38 bits per heavy atom. The van der Waals surface area contributed by atoms with Crippen molar-refractivity contribution in [1.82, 2.24) is 0 Å². The number of aliphatic carboxylic acids is 3. The van der Waals surface area contributed by atoms with Gasteiger partial charge in [-0.15, -0.1) is 0 Å². The normalized spacial score (nSPS) is 9.90. The molecule has 8 nitrogen and oxygen atoms in total. The summed E-state index contributed by atoms with van der Waals surface area (Å²) in [4.78, 5) is 30.0. The minimum Gasteiger partial charge on any atom is -0.550 e. The third-order valence-corrected chi connectivity index (χ3v) is 3.60. The third-order valence-electron chi connectivity index (χ3n) is 3.60. The summed E-state index contributed by atoms with van der Waals surface area (Å²) in [5, 5.41) is 48.9. The van der Waals surface area contributed by atoms with E-state index in [1.54, 1.807) is 0 Å². The number of phenolic OH excluding ortho intramolecular Hbond substituents is 1. The molecule has 1 rings (SSSR count). The number of rotatable bonds is 7. The van der Waals surface area contributed by atoms with Gasteiger partial charge in [-0.3, -0.25) is 0 Å². The first-order chi connectivity index (χ1) is 11.8. The molecule has 1 aromatic rings. The average Bonchev–Trinajstić information content (AvgIpc) is 2.45. The van der Waals surface area contributed by atoms with Crippen LogP contribution in [0, 0.1) is 0 Å². The molecule has 0 unspecified atom stereocenters. The van der Waals surface area contributed by atoms with Crippen molar-refractivity contribution in [2.45, 2.75) is 58.0 Å². The van der Waals surface area contributed by atoms with Gasteiger partial charge in [0.1, 0.15) is 11.4 Å². The molecule has 0 aliphatic heterocycles. The quantitative estimate of drug-likeness (QED) is 0.399. The van der Waals surface area contributed by atoms with Crippen molar-refractivity contribution >= 4 is 17.9 Å². The number of carbonyl (C=O) groups is 3. The zero-order valence-electron chi connectivity index (χ0n) is 18.1. The molecule has 0 spiro atoms. The van der Waals surface area contributed by atoms with Crippen LogP contribution < -0.4 is 104 Å². The molecule has 0 aliphatic carbocycles. The van der Waals surface area contributed by atoms with Crippen LogP contribution in [-0.2, 0) is 14.4 Å². The summed E-state index contributed by atoms with van der Waals surface area (Å²) in [6.07, 6.45) is -2.72. The molecule has 0 aromatic heterocycles. The van der Waals surface area contributed by atoms with E-state index in [-0.39, 0.29) is 88.7 Å². The molecule has 0 amide bonds. The van der Waals surface area contributed by atoms with Crippen LogP contribution in [0.15, 0.2) is 18.2 Å². The maximum absolute atomic E-state index is 10.1. The Bertz CT molecular complexity index is 620. The molecule has 0 aliphatic rings. The predicted molar refractivity (Wildman–Crippen MR) is 85.5 cm³/mol. The topological polar surface area (TPSA) is 161 Å². The molecular formula is C18H23Na3O8. The standard InChI is InChI=1S/C12H18O.C6H8O7.3Na/c1-8(2)10-6-5-7-11(9(3)4)12(10)13;7-3(8)1-6(13,5(11)12)2-4(9)10;;;/h5-9,13H,1-4H3;13H,1-2H2,(H,7,8)(H,9,10)(H,11,12);;;/q;;3*+1/p-3. The Balaban J connectivity index is -0.000000195. The minimum atomic E-state index is -2.97. The first-order valence-corrected chi connectivity index (χ1v) is 7.97. The second-order valence-corrected chi connectivity index (χ2v) is 6.51. The Hall–Kier alpha value is 0.390. The van der Waals surface area contributed by atoms with E-state index in [0.29, 0.717) is 17.6 Å². The van der Waals surface area contributed by atoms with Crippen LogP contribution >= 0.6 is 0 Å². The van der Waals surface area contributed by atoms with Crippen LogP contribution in [0.4, 0.5) is 0 Å². The van der Waals surface area contributed by atoms with Gasteiger partial charge in [-0.25, -0.2) is 0 Å². The predicted octanol–water partition coefficient (Wildman–Crippen LogP) is -10.6. The van der Waals surface area contributed by atoms with Crippen LogP contribution in [0.2, 0.25) is 0 Å². The zero-order chi connectivity index (χ0) is 20.7. The molecule has 0 heterocycles. The number of hydrogen-bond acceptors (Lipinski definition) is 8. The van der Waals surface area contributed by atoms with Gasteiger partial charge in [0, 0.05) is 24.8 Å². The smallest absolute Gasteiger partial charge is 0.550 e. The van der Waals surface area contributed by atoms with Gasteiger partial charge in [-0.05, 0) is 23.0 Å². The minimum absolute atomic E-state index is 0. The molecule has 29 heavy (non-hydrogen) atoms. The van der Waals surface area contributed by atoms with E-state index in [2.05, 4.69) is 27.7 Å². The van der Waals surface area contributed by atoms with Crippen molar-refractivity contribution in [3.63, 3.8) is 0 Å². The number of carboxylic acid groups (broad SMARTS) is 3. The van der Waals surface area contributed by atoms with Crippen molar-refractivity contribution < 1.29 is 129 Å². The number of aromatic hydroxyl groups is 1. The fourth-order valence-corrected chi connectivity index (χ4v) is 2.20. The van der Waals surface area contributed by atoms with Gasteiger partial charge in [0.2, 0.25) is 0 Å². The molecule has 0 saturated heterocycles. The Morgan fingerprint density at radius 2 is 1.17 bits per heavy atom. The van der Waals surface area contributed by atoms with Crippen molar-refractivity contribution in [1.29, 1.82) is 0 Å². The second kappa shape index (κ2) is 17.0. The molecule has 146 valence electrons. The molecule has 1 aromatic carbocycles. The molecule has 0 saturated carbocycles. The van der Waals surface area contributed by atoms with Gasteiger partial charge >= 0.3 is 88.7 Å². The van der Waals surface area contributed by atoms with Gasteiger partial charge in [-0.1, -0.05) is 45.9 Å². The summed E-state index contributed by atoms with van der Waals surface area (Å²) < 4.78 is 0. The monoisotopic (exact) mass is 436 g/mol. The van der Waals surface area contributed by atoms with Crippen LogP contribution in [0.5, 0.6) is 5.75 Å². The van der Waals surface area contributed by atoms with E-state index in [1.165, 1.54) is 0 Å². The van der Waals surface area contributed by atoms with Gasteiger partial charge < -0.3 is 39.9 Å². The van der Waals surface area contributed by atoms with Crippen LogP contribution in [-0.4, -0.2) is 33.7 Å². The fraction of sp³-hybridized carbons (Fsp3) is 0.500. The average molecular weight is 436 g/mol. The SMILES string of the molecule is CC(C)c1cccc(C(C)C)c1O.O=C([O-])CC(O)(CC(=O)[O-])C(=O)[O-].[Na+].[Na+].[Na+]. The Morgan fingerprint density at radius 1 is 0.862 bits per heavy atom. The summed E-state index contributed by atoms with van der Waals surface area (Å²) in [5.41, 5.74) is -0.880. The Labute approximate surface area is 237 Å². The largest absolute Gasteiger partial charge is 1.00 e. The van der Waals surface area contributed by atoms with E-state index in [4.69, 9.17) is 5.11 Å². The molecule has 0 radical (unpaired) electrons. The van der Waals surface area contributed by atoms with E-state index >= 15 is 0 Å². The summed E-state index contributed by atoms with van der Waals surface area (Å²) >= 11 is 0. The number of phenols is 1. The maximum atomic E-state index is 10.1. The van der Waals surface area contributed by atoms with Gasteiger partial charge in [0.25, 0.3) is 0 Å². The molecule has 0 fully saturated rings. The summed E-state index contributed by atoms with van der Waals surface area (Å²) in [6.45, 7) is 8.39. The molecular weight excluding hydrogens is 413 g/mol. The van der Waals surface area contributed by atoms with Gasteiger partial charge in [0.15, 0.2) is 0 Å². The molecule has 2 N–H and O–H groups in total. The van der Waals surface area contributed by atoms with E-state index in [1.807, 2.05) is 18.2 Å². The van der Waals surface area contributed by atoms with Crippen molar-refractivity contribution in [2.75, 3.05) is 0 Å². The van der Waals surface area contributed by atoms with Gasteiger partial charge in [-0.2, -0.15) is 0 Å². The van der Waals surface area contributed by atoms with Crippen LogP contribution in [0.25, 0.3) is 0 Å². The number of para-hydroxylation sites is 1. The van der Waals surface area contributed by atoms with E-state index in [0.717, 1.165) is 11.1 Å². The fourth-order valence-electron chi connectivity index (χ4n) is 2.20. The van der Waals surface area contributed by atoms with Crippen molar-refractivity contribution in [3.8, 4) is 5.75 Å². The van der Waals surface area contributed by atoms with E-state index in [9.17, 15) is 34.8 Å². The summed E-state index contributed by atoms with van der Waals surface area (Å²) in [7, 11) is 0. The van der Waals surface area contributed by atoms with Crippen LogP contribution in [0.1, 0.15) is 63.5 Å². The number of carboxylic acids is 3. The number of hydrogen-bond donors (Lipinski definition) is 2. The number of aliphatic hydroxyl groups is 1. The first kappa shape index (κ1) is 36.7. The third kappa shape index (κ3) is 13.4. The Kier molecular flexibility index (Phi) is 21.5. The van der Waals surface area contributed by atoms with Crippen LogP contribution in [0.3, 0.4) is 0 Å². The van der Waals surface area contributed by atoms with Gasteiger partial charge in [0.05, 0.1) is 5.97 Å². The number of carbonyl (C=O) groups excluding carboxylic acids is 3. The first-order valence-electron chi connectivity index (χ1n) is 7.97. The molecule has 0 bridgehead atoms. The van der Waals surface area contributed by atoms with E-state index < -0.39 is 36.4 Å². The molecule has 11 heteroatoms. The molecule has 0 atom stereocenters. The second-order valence-electron chi connectivity index (χ2n) is 6.51. The van der Waals surface area contributed by atoms with Crippen molar-refractivity contribution in [3.05, 3.63) is 29.3 Å². The maximum Gasteiger partial charge on any atom is 1.00 e.